The van der Waals surface area contributed by atoms with Crippen LogP contribution in [0.3, 0.4) is 0 Å². The molecule has 0 aliphatic carbocycles. The zero-order chi connectivity index (χ0) is 19.4. The number of hydrogen-bond acceptors (Lipinski definition) is 2. The summed E-state index contributed by atoms with van der Waals surface area (Å²) >= 11 is 0. The van der Waals surface area contributed by atoms with Gasteiger partial charge in [-0.25, -0.2) is 0 Å². The van der Waals surface area contributed by atoms with Gasteiger partial charge in [-0.05, 0) is 41.7 Å². The van der Waals surface area contributed by atoms with E-state index in [1.54, 1.807) is 0 Å². The molecule has 2 aromatic rings. The molecule has 0 bridgehead atoms. The van der Waals surface area contributed by atoms with Crippen molar-refractivity contribution < 1.29 is 9.59 Å². The number of amides is 2. The maximum Gasteiger partial charge on any atom is 0.253 e. The third-order valence-electron chi connectivity index (χ3n) is 5.14. The van der Waals surface area contributed by atoms with Gasteiger partial charge >= 0.3 is 0 Å². The SMILES string of the molecule is CC(C)(C)c1ccc(C(=O)N2CCCN(C(=O)Cc3ccc[nH]3)CC2)cc1. The van der Waals surface area contributed by atoms with E-state index in [2.05, 4.69) is 25.8 Å². The van der Waals surface area contributed by atoms with Gasteiger partial charge in [-0.1, -0.05) is 32.9 Å². The quantitative estimate of drug-likeness (QED) is 0.905. The molecule has 1 aromatic carbocycles. The number of benzene rings is 1. The van der Waals surface area contributed by atoms with Gasteiger partial charge in [-0.3, -0.25) is 9.59 Å². The predicted octanol–water partition coefficient (Wildman–Crippen LogP) is 3.23. The maximum atomic E-state index is 12.9. The Morgan fingerprint density at radius 1 is 0.963 bits per heavy atom. The summed E-state index contributed by atoms with van der Waals surface area (Å²) < 4.78 is 0. The molecule has 2 amide bonds. The van der Waals surface area contributed by atoms with Crippen LogP contribution in [0.1, 0.15) is 48.8 Å². The van der Waals surface area contributed by atoms with Crippen molar-refractivity contribution in [1.29, 1.82) is 0 Å². The topological polar surface area (TPSA) is 56.4 Å². The van der Waals surface area contributed by atoms with Crippen molar-refractivity contribution in [2.24, 2.45) is 0 Å². The molecule has 3 rings (SSSR count). The Morgan fingerprint density at radius 3 is 2.26 bits per heavy atom. The van der Waals surface area contributed by atoms with E-state index < -0.39 is 0 Å². The highest BCUT2D eigenvalue weighted by atomic mass is 16.2. The molecule has 5 heteroatoms. The van der Waals surface area contributed by atoms with E-state index in [-0.39, 0.29) is 17.2 Å². The van der Waals surface area contributed by atoms with Gasteiger partial charge in [0.05, 0.1) is 6.42 Å². The lowest BCUT2D eigenvalue weighted by Gasteiger charge is -2.23. The predicted molar refractivity (Wildman–Crippen MR) is 107 cm³/mol. The molecule has 1 N–H and O–H groups in total. The fraction of sp³-hybridized carbons (Fsp3) is 0.455. The van der Waals surface area contributed by atoms with Gasteiger partial charge in [-0.15, -0.1) is 0 Å². The molecule has 0 atom stereocenters. The van der Waals surface area contributed by atoms with E-state index in [4.69, 9.17) is 0 Å². The van der Waals surface area contributed by atoms with Crippen LogP contribution < -0.4 is 0 Å². The van der Waals surface area contributed by atoms with Crippen LogP contribution in [0.25, 0.3) is 0 Å². The van der Waals surface area contributed by atoms with Gasteiger partial charge in [0.2, 0.25) is 5.91 Å². The molecule has 0 spiro atoms. The lowest BCUT2D eigenvalue weighted by molar-refractivity contribution is -0.130. The molecule has 1 fully saturated rings. The van der Waals surface area contributed by atoms with E-state index in [9.17, 15) is 9.59 Å². The minimum Gasteiger partial charge on any atom is -0.365 e. The molecule has 1 aliphatic heterocycles. The average molecular weight is 367 g/mol. The zero-order valence-corrected chi connectivity index (χ0v) is 16.5. The van der Waals surface area contributed by atoms with E-state index in [1.165, 1.54) is 5.56 Å². The number of rotatable bonds is 3. The number of carbonyl (C=O) groups excluding carboxylic acids is 2. The Balaban J connectivity index is 1.60. The monoisotopic (exact) mass is 367 g/mol. The van der Waals surface area contributed by atoms with Crippen LogP contribution in [0.4, 0.5) is 0 Å². The fourth-order valence-electron chi connectivity index (χ4n) is 3.42. The second-order valence-corrected chi connectivity index (χ2v) is 8.23. The molecule has 1 saturated heterocycles. The molecule has 1 aliphatic rings. The first-order chi connectivity index (χ1) is 12.8. The summed E-state index contributed by atoms with van der Waals surface area (Å²) in [5.74, 6) is 0.162. The Labute approximate surface area is 161 Å². The average Bonchev–Trinajstić information content (AvgIpc) is 3.01. The summed E-state index contributed by atoms with van der Waals surface area (Å²) in [6.45, 7) is 9.05. The third-order valence-corrected chi connectivity index (χ3v) is 5.14. The second kappa shape index (κ2) is 7.99. The van der Waals surface area contributed by atoms with Crippen molar-refractivity contribution in [1.82, 2.24) is 14.8 Å². The minimum atomic E-state index is 0.0501. The second-order valence-electron chi connectivity index (χ2n) is 8.23. The fourth-order valence-corrected chi connectivity index (χ4v) is 3.42. The summed E-state index contributed by atoms with van der Waals surface area (Å²) in [5, 5.41) is 0. The summed E-state index contributed by atoms with van der Waals surface area (Å²) in [4.78, 5) is 32.2. The Kier molecular flexibility index (Phi) is 5.68. The molecule has 0 radical (unpaired) electrons. The third kappa shape index (κ3) is 4.79. The smallest absolute Gasteiger partial charge is 0.253 e. The van der Waals surface area contributed by atoms with Gasteiger partial charge in [0.25, 0.3) is 5.91 Å². The number of nitrogens with one attached hydrogen (secondary N) is 1. The zero-order valence-electron chi connectivity index (χ0n) is 16.5. The molecule has 2 heterocycles. The van der Waals surface area contributed by atoms with Crippen molar-refractivity contribution in [2.75, 3.05) is 26.2 Å². The van der Waals surface area contributed by atoms with Gasteiger partial charge in [0.15, 0.2) is 0 Å². The first-order valence-corrected chi connectivity index (χ1v) is 9.64. The molecule has 5 nitrogen and oxygen atoms in total. The lowest BCUT2D eigenvalue weighted by atomic mass is 9.86. The summed E-state index contributed by atoms with van der Waals surface area (Å²) in [5.41, 5.74) is 2.94. The highest BCUT2D eigenvalue weighted by molar-refractivity contribution is 5.94. The van der Waals surface area contributed by atoms with Crippen molar-refractivity contribution in [3.8, 4) is 0 Å². The Morgan fingerprint density at radius 2 is 1.63 bits per heavy atom. The number of hydrogen-bond donors (Lipinski definition) is 1. The normalized spacial score (nSPS) is 15.5. The molecule has 27 heavy (non-hydrogen) atoms. The number of aromatic nitrogens is 1. The molecule has 0 saturated carbocycles. The minimum absolute atomic E-state index is 0.0501. The van der Waals surface area contributed by atoms with Gasteiger partial charge < -0.3 is 14.8 Å². The summed E-state index contributed by atoms with van der Waals surface area (Å²) in [7, 11) is 0. The van der Waals surface area contributed by atoms with E-state index in [0.717, 1.165) is 12.1 Å². The number of carbonyl (C=O) groups is 2. The van der Waals surface area contributed by atoms with Gasteiger partial charge in [-0.2, -0.15) is 0 Å². The molecular weight excluding hydrogens is 338 g/mol. The van der Waals surface area contributed by atoms with Crippen LogP contribution in [-0.4, -0.2) is 52.8 Å². The summed E-state index contributed by atoms with van der Waals surface area (Å²) in [6.07, 6.45) is 3.02. The van der Waals surface area contributed by atoms with Crippen LogP contribution in [0.2, 0.25) is 0 Å². The molecule has 144 valence electrons. The van der Waals surface area contributed by atoms with Crippen LogP contribution in [0.15, 0.2) is 42.6 Å². The van der Waals surface area contributed by atoms with Gasteiger partial charge in [0, 0.05) is 43.6 Å². The summed E-state index contributed by atoms with van der Waals surface area (Å²) in [6, 6.07) is 11.7. The lowest BCUT2D eigenvalue weighted by Crippen LogP contribution is -2.38. The maximum absolute atomic E-state index is 12.9. The molecule has 0 unspecified atom stereocenters. The van der Waals surface area contributed by atoms with Crippen molar-refractivity contribution in [3.05, 3.63) is 59.4 Å². The van der Waals surface area contributed by atoms with Crippen molar-refractivity contribution in [2.45, 2.75) is 39.0 Å². The van der Waals surface area contributed by atoms with Crippen LogP contribution in [0, 0.1) is 0 Å². The van der Waals surface area contributed by atoms with Crippen molar-refractivity contribution in [3.63, 3.8) is 0 Å². The first kappa shape index (κ1) is 19.2. The van der Waals surface area contributed by atoms with E-state index in [0.29, 0.717) is 38.2 Å². The number of H-pyrrole nitrogens is 1. The highest BCUT2D eigenvalue weighted by Crippen LogP contribution is 2.22. The number of nitrogens with zero attached hydrogens (tertiary/aromatic N) is 2. The largest absolute Gasteiger partial charge is 0.365 e. The number of aromatic amines is 1. The van der Waals surface area contributed by atoms with E-state index >= 15 is 0 Å². The highest BCUT2D eigenvalue weighted by Gasteiger charge is 2.23. The van der Waals surface area contributed by atoms with E-state index in [1.807, 2.05) is 52.4 Å². The van der Waals surface area contributed by atoms with Crippen LogP contribution in [0.5, 0.6) is 0 Å². The van der Waals surface area contributed by atoms with Crippen molar-refractivity contribution >= 4 is 11.8 Å². The standard InChI is InChI=1S/C22H29N3O2/c1-22(2,3)18-9-7-17(8-10-18)21(27)25-13-5-12-24(14-15-25)20(26)16-19-6-4-11-23-19/h4,6-11,23H,5,12-16H2,1-3H3. The first-order valence-electron chi connectivity index (χ1n) is 9.64. The van der Waals surface area contributed by atoms with Crippen LogP contribution >= 0.6 is 0 Å². The molecular formula is C22H29N3O2. The Bertz CT molecular complexity index is 773. The Hall–Kier alpha value is -2.56. The molecule has 1 aromatic heterocycles. The van der Waals surface area contributed by atoms with Crippen LogP contribution in [-0.2, 0) is 16.6 Å². The van der Waals surface area contributed by atoms with Gasteiger partial charge in [0.1, 0.15) is 0 Å².